The second-order valence-corrected chi connectivity index (χ2v) is 16.3. The highest BCUT2D eigenvalue weighted by molar-refractivity contribution is 7.99. The van der Waals surface area contributed by atoms with Crippen molar-refractivity contribution in [2.45, 2.75) is 94.7 Å². The summed E-state index contributed by atoms with van der Waals surface area (Å²) in [7, 11) is 0. The van der Waals surface area contributed by atoms with Crippen LogP contribution in [0.1, 0.15) is 69.1 Å². The summed E-state index contributed by atoms with van der Waals surface area (Å²) in [6, 6.07) is 22.8. The molecule has 3 amide bonds. The lowest BCUT2D eigenvalue weighted by Gasteiger charge is -2.41. The van der Waals surface area contributed by atoms with Crippen molar-refractivity contribution in [3.8, 4) is 0 Å². The summed E-state index contributed by atoms with van der Waals surface area (Å²) in [6.45, 7) is 10.5. The van der Waals surface area contributed by atoms with Gasteiger partial charge in [-0.25, -0.2) is 4.98 Å². The number of piperidine rings is 1. The van der Waals surface area contributed by atoms with E-state index in [-0.39, 0.29) is 29.3 Å². The molecule has 0 aliphatic carbocycles. The minimum Gasteiger partial charge on any atom is -0.390 e. The van der Waals surface area contributed by atoms with Crippen molar-refractivity contribution < 1.29 is 19.5 Å². The van der Waals surface area contributed by atoms with Gasteiger partial charge in [0.15, 0.2) is 0 Å². The second-order valence-electron chi connectivity index (χ2n) is 15.0. The number of amides is 3. The van der Waals surface area contributed by atoms with Crippen molar-refractivity contribution >= 4 is 40.4 Å². The highest BCUT2D eigenvalue weighted by atomic mass is 32.2. The van der Waals surface area contributed by atoms with Gasteiger partial charge in [0.2, 0.25) is 11.8 Å². The van der Waals surface area contributed by atoms with Crippen LogP contribution in [0.5, 0.6) is 0 Å². The van der Waals surface area contributed by atoms with Crippen LogP contribution in [0, 0.1) is 5.92 Å². The summed E-state index contributed by atoms with van der Waals surface area (Å²) in [5, 5.41) is 22.2. The Morgan fingerprint density at radius 1 is 0.923 bits per heavy atom. The van der Waals surface area contributed by atoms with Crippen LogP contribution in [-0.4, -0.2) is 85.8 Å². The van der Waals surface area contributed by atoms with Gasteiger partial charge in [0, 0.05) is 47.4 Å². The number of carbonyl (C=O) groups is 3. The number of carbonyl (C=O) groups excluding carboxylic acids is 3. The number of thioether (sulfide) groups is 1. The summed E-state index contributed by atoms with van der Waals surface area (Å²) in [4.78, 5) is 51.8. The first-order valence-electron chi connectivity index (χ1n) is 18.1. The van der Waals surface area contributed by atoms with E-state index in [0.717, 1.165) is 23.1 Å². The Hall–Kier alpha value is -4.32. The number of pyridine rings is 2. The van der Waals surface area contributed by atoms with Crippen LogP contribution in [0.15, 0.2) is 91.3 Å². The molecule has 52 heavy (non-hydrogen) atoms. The lowest BCUT2D eigenvalue weighted by Crippen LogP contribution is -2.60. The molecule has 3 heterocycles. The van der Waals surface area contributed by atoms with Gasteiger partial charge in [-0.3, -0.25) is 24.3 Å². The maximum absolute atomic E-state index is 14.0. The molecule has 0 radical (unpaired) electrons. The molecule has 1 fully saturated rings. The van der Waals surface area contributed by atoms with E-state index in [2.05, 4.69) is 30.8 Å². The van der Waals surface area contributed by atoms with Gasteiger partial charge in [0.25, 0.3) is 5.91 Å². The van der Waals surface area contributed by atoms with Crippen LogP contribution in [-0.2, 0) is 21.8 Å². The highest BCUT2D eigenvalue weighted by Gasteiger charge is 2.38. The van der Waals surface area contributed by atoms with E-state index in [1.165, 1.54) is 5.56 Å². The van der Waals surface area contributed by atoms with Crippen molar-refractivity contribution in [1.82, 2.24) is 30.8 Å². The Morgan fingerprint density at radius 3 is 2.35 bits per heavy atom. The smallest absolute Gasteiger partial charge is 0.270 e. The van der Waals surface area contributed by atoms with Gasteiger partial charge in [-0.2, -0.15) is 11.8 Å². The van der Waals surface area contributed by atoms with Crippen LogP contribution in [0.4, 0.5) is 0 Å². The van der Waals surface area contributed by atoms with Gasteiger partial charge < -0.3 is 21.1 Å². The van der Waals surface area contributed by atoms with E-state index in [9.17, 15) is 19.5 Å². The highest BCUT2D eigenvalue weighted by Crippen LogP contribution is 2.31. The molecule has 5 atom stereocenters. The summed E-state index contributed by atoms with van der Waals surface area (Å²) in [5.41, 5.74) is 2.64. The molecule has 1 aliphatic rings. The number of para-hydroxylation sites is 1. The largest absolute Gasteiger partial charge is 0.390 e. The normalized spacial score (nSPS) is 18.4. The molecular formula is C41H52N6O4S. The third-order valence-electron chi connectivity index (χ3n) is 9.28. The van der Waals surface area contributed by atoms with Crippen molar-refractivity contribution in [3.05, 3.63) is 108 Å². The number of likely N-dealkylation sites (tertiary alicyclic amines) is 1. The fourth-order valence-electron chi connectivity index (χ4n) is 6.50. The first-order valence-corrected chi connectivity index (χ1v) is 19.2. The molecule has 1 aliphatic heterocycles. The van der Waals surface area contributed by atoms with Gasteiger partial charge in [0.05, 0.1) is 23.7 Å². The number of nitrogens with one attached hydrogen (secondary N) is 3. The first-order chi connectivity index (χ1) is 24.9. The average molecular weight is 725 g/mol. The zero-order chi connectivity index (χ0) is 37.3. The summed E-state index contributed by atoms with van der Waals surface area (Å²) in [6.07, 6.45) is 4.47. The number of β-amino-alcohol motifs (C(OH)–C–C–N with tert-alkyl or cyclic N) is 1. The quantitative estimate of drug-likeness (QED) is 0.140. The lowest BCUT2D eigenvalue weighted by atomic mass is 9.95. The first kappa shape index (κ1) is 38.9. The van der Waals surface area contributed by atoms with Crippen LogP contribution in [0.2, 0.25) is 0 Å². The molecule has 4 N–H and O–H groups in total. The van der Waals surface area contributed by atoms with Gasteiger partial charge in [0.1, 0.15) is 11.7 Å². The van der Waals surface area contributed by atoms with Crippen molar-refractivity contribution in [3.63, 3.8) is 0 Å². The SMILES string of the molecule is CC(C)[C@H](NC(=O)c1ccc2ccccc2n1)C(=O)N[C@@H](Cc1ccccc1)[C@H](O)CN1CC[C@@H](SCc2ccncc2)CC1C(=O)NC(C)(C)C. The molecule has 11 heteroatoms. The number of aromatic nitrogens is 2. The van der Waals surface area contributed by atoms with E-state index in [4.69, 9.17) is 0 Å². The zero-order valence-electron chi connectivity index (χ0n) is 30.8. The zero-order valence-corrected chi connectivity index (χ0v) is 31.6. The maximum Gasteiger partial charge on any atom is 0.270 e. The lowest BCUT2D eigenvalue weighted by molar-refractivity contribution is -0.130. The number of hydrogen-bond donors (Lipinski definition) is 4. The molecule has 2 aromatic carbocycles. The van der Waals surface area contributed by atoms with Gasteiger partial charge in [-0.05, 0) is 81.3 Å². The van der Waals surface area contributed by atoms with Crippen molar-refractivity contribution in [2.75, 3.05) is 13.1 Å². The standard InChI is InChI=1S/C41H52N6O4S/c1-27(2)37(45-38(49)33-16-15-30-13-9-10-14-32(30)43-33)40(51)44-34(23-28-11-7-6-8-12-28)36(48)25-47-22-19-31(52-26-29-17-20-42-21-18-29)24-35(47)39(50)46-41(3,4)5/h6-18,20-21,27,31,34-37,48H,19,22-26H2,1-5H3,(H,44,51)(H,45,49)(H,46,50)/t31-,34+,35?,36-,37+/m1/s1. The molecular weight excluding hydrogens is 673 g/mol. The van der Waals surface area contributed by atoms with Crippen LogP contribution < -0.4 is 16.0 Å². The summed E-state index contributed by atoms with van der Waals surface area (Å²) < 4.78 is 0. The van der Waals surface area contributed by atoms with E-state index < -0.39 is 41.6 Å². The van der Waals surface area contributed by atoms with Crippen LogP contribution in [0.25, 0.3) is 10.9 Å². The third kappa shape index (κ3) is 11.1. The Morgan fingerprint density at radius 2 is 1.63 bits per heavy atom. The van der Waals surface area contributed by atoms with E-state index in [0.29, 0.717) is 24.9 Å². The predicted molar refractivity (Wildman–Crippen MR) is 208 cm³/mol. The van der Waals surface area contributed by atoms with Gasteiger partial charge >= 0.3 is 0 Å². The molecule has 2 aromatic heterocycles. The third-order valence-corrected chi connectivity index (χ3v) is 10.7. The molecule has 10 nitrogen and oxygen atoms in total. The molecule has 4 aromatic rings. The molecule has 276 valence electrons. The van der Waals surface area contributed by atoms with E-state index >= 15 is 0 Å². The number of fused-ring (bicyclic) bond motifs is 1. The van der Waals surface area contributed by atoms with E-state index in [1.54, 1.807) is 18.5 Å². The number of aliphatic hydroxyl groups is 1. The fraction of sp³-hybridized carbons (Fsp3) is 0.439. The fourth-order valence-corrected chi connectivity index (χ4v) is 7.72. The Labute approximate surface area is 311 Å². The molecule has 1 saturated heterocycles. The van der Waals surface area contributed by atoms with Gasteiger partial charge in [-0.15, -0.1) is 0 Å². The van der Waals surface area contributed by atoms with Crippen LogP contribution >= 0.6 is 11.8 Å². The Kier molecular flexibility index (Phi) is 13.4. The summed E-state index contributed by atoms with van der Waals surface area (Å²) >= 11 is 1.84. The average Bonchev–Trinajstić information content (AvgIpc) is 3.12. The van der Waals surface area contributed by atoms with Crippen molar-refractivity contribution in [1.29, 1.82) is 0 Å². The monoisotopic (exact) mass is 724 g/mol. The summed E-state index contributed by atoms with van der Waals surface area (Å²) in [5.74, 6) is -0.316. The minimum absolute atomic E-state index is 0.0672. The van der Waals surface area contributed by atoms with Gasteiger partial charge in [-0.1, -0.05) is 68.4 Å². The van der Waals surface area contributed by atoms with Crippen LogP contribution in [0.3, 0.4) is 0 Å². The predicted octanol–water partition coefficient (Wildman–Crippen LogP) is 5.15. The minimum atomic E-state index is -0.999. The molecule has 0 bridgehead atoms. The number of hydrogen-bond acceptors (Lipinski definition) is 8. The number of nitrogens with zero attached hydrogens (tertiary/aromatic N) is 3. The molecule has 0 saturated carbocycles. The Bertz CT molecular complexity index is 1780. The second kappa shape index (κ2) is 17.9. The van der Waals surface area contributed by atoms with E-state index in [1.807, 2.05) is 119 Å². The molecule has 5 rings (SSSR count). The Balaban J connectivity index is 1.31. The number of aliphatic hydroxyl groups excluding tert-OH is 1. The maximum atomic E-state index is 14.0. The molecule has 1 unspecified atom stereocenters. The number of benzene rings is 2. The van der Waals surface area contributed by atoms with Crippen molar-refractivity contribution in [2.24, 2.45) is 5.92 Å². The molecule has 0 spiro atoms. The number of rotatable bonds is 14. The topological polar surface area (TPSA) is 137 Å².